The Balaban J connectivity index is 3.44. The number of hydrogen-bond acceptors (Lipinski definition) is 0. The zero-order chi connectivity index (χ0) is 11.9. The van der Waals surface area contributed by atoms with Gasteiger partial charge in [-0.2, -0.15) is 0 Å². The van der Waals surface area contributed by atoms with Crippen molar-refractivity contribution < 1.29 is 0 Å². The van der Waals surface area contributed by atoms with Crippen LogP contribution in [0, 0.1) is 0 Å². The first-order chi connectivity index (χ1) is 7.91. The molecule has 0 aliphatic carbocycles. The maximum Gasteiger partial charge on any atom is -0.0166 e. The normalized spacial score (nSPS) is 13.4. The molecule has 0 heterocycles. The Morgan fingerprint density at radius 2 is 1.25 bits per heavy atom. The Hall–Kier alpha value is -1.30. The lowest BCUT2D eigenvalue weighted by atomic mass is 10.2. The lowest BCUT2D eigenvalue weighted by molar-refractivity contribution is 0.867. The number of rotatable bonds is 8. The summed E-state index contributed by atoms with van der Waals surface area (Å²) in [6, 6.07) is 0. The summed E-state index contributed by atoms with van der Waals surface area (Å²) in [5.74, 6) is 0. The molecule has 0 N–H and O–H groups in total. The highest BCUT2D eigenvalue weighted by Crippen LogP contribution is 1.97. The van der Waals surface area contributed by atoms with E-state index in [0.717, 1.165) is 12.8 Å². The Morgan fingerprint density at radius 3 is 1.94 bits per heavy atom. The molecule has 0 bridgehead atoms. The van der Waals surface area contributed by atoms with Crippen LogP contribution >= 0.6 is 0 Å². The minimum atomic E-state index is 1.02. The van der Waals surface area contributed by atoms with Crippen molar-refractivity contribution in [2.45, 2.75) is 39.5 Å². The molecule has 0 heteroatoms. The molecule has 0 spiro atoms. The molecule has 0 amide bonds. The van der Waals surface area contributed by atoms with Crippen LogP contribution in [-0.2, 0) is 0 Å². The van der Waals surface area contributed by atoms with Crippen molar-refractivity contribution in [3.8, 4) is 0 Å². The van der Waals surface area contributed by atoms with Gasteiger partial charge in [-0.1, -0.05) is 60.8 Å². The molecular formula is C16H24. The van der Waals surface area contributed by atoms with Crippen LogP contribution in [0.2, 0.25) is 0 Å². The quantitative estimate of drug-likeness (QED) is 0.291. The summed E-state index contributed by atoms with van der Waals surface area (Å²) in [6.45, 7) is 4.11. The van der Waals surface area contributed by atoms with E-state index >= 15 is 0 Å². The van der Waals surface area contributed by atoms with Gasteiger partial charge in [-0.3, -0.25) is 0 Å². The predicted molar refractivity (Wildman–Crippen MR) is 75.5 cm³/mol. The summed E-state index contributed by atoms with van der Waals surface area (Å²) in [7, 11) is 0. The smallest absolute Gasteiger partial charge is 0.0166 e. The highest BCUT2D eigenvalue weighted by molar-refractivity contribution is 5.11. The molecule has 0 aliphatic rings. The summed E-state index contributed by atoms with van der Waals surface area (Å²) in [6.07, 6.45) is 25.9. The van der Waals surface area contributed by atoms with Gasteiger partial charge in [-0.15, -0.1) is 0 Å². The molecule has 16 heavy (non-hydrogen) atoms. The Morgan fingerprint density at radius 1 is 0.625 bits per heavy atom. The van der Waals surface area contributed by atoms with E-state index in [1.54, 1.807) is 0 Å². The van der Waals surface area contributed by atoms with Gasteiger partial charge < -0.3 is 0 Å². The van der Waals surface area contributed by atoms with Crippen molar-refractivity contribution in [2.24, 2.45) is 0 Å². The summed E-state index contributed by atoms with van der Waals surface area (Å²) < 4.78 is 0. The first-order valence-electron chi connectivity index (χ1n) is 6.12. The predicted octanol–water partition coefficient (Wildman–Crippen LogP) is 5.37. The molecule has 0 radical (unpaired) electrons. The van der Waals surface area contributed by atoms with Crippen LogP contribution in [-0.4, -0.2) is 0 Å². The molecular weight excluding hydrogens is 192 g/mol. The van der Waals surface area contributed by atoms with E-state index < -0.39 is 0 Å². The third kappa shape index (κ3) is 12.7. The van der Waals surface area contributed by atoms with E-state index in [9.17, 15) is 0 Å². The first kappa shape index (κ1) is 14.7. The molecule has 0 rings (SSSR count). The second-order valence-electron chi connectivity index (χ2n) is 3.55. The summed E-state index contributed by atoms with van der Waals surface area (Å²) >= 11 is 0. The molecule has 0 aliphatic heterocycles. The van der Waals surface area contributed by atoms with Gasteiger partial charge in [0, 0.05) is 0 Å². The molecule has 0 saturated carbocycles. The highest BCUT2D eigenvalue weighted by Gasteiger charge is 1.77. The second-order valence-corrected chi connectivity index (χ2v) is 3.55. The van der Waals surface area contributed by atoms with Gasteiger partial charge in [0.05, 0.1) is 0 Å². The van der Waals surface area contributed by atoms with Crippen LogP contribution in [0.3, 0.4) is 0 Å². The van der Waals surface area contributed by atoms with Crippen LogP contribution in [0.4, 0.5) is 0 Å². The molecule has 0 fully saturated rings. The maximum atomic E-state index is 2.22. The minimum Gasteiger partial charge on any atom is -0.0917 e. The topological polar surface area (TPSA) is 0 Å². The molecule has 0 unspecified atom stereocenters. The Kier molecular flexibility index (Phi) is 12.6. The van der Waals surface area contributed by atoms with Crippen LogP contribution in [0.15, 0.2) is 60.8 Å². The fraction of sp³-hybridized carbons (Fsp3) is 0.375. The fourth-order valence-electron chi connectivity index (χ4n) is 1.20. The summed E-state index contributed by atoms with van der Waals surface area (Å²) in [5, 5.41) is 0. The first-order valence-corrected chi connectivity index (χ1v) is 6.12. The molecule has 0 aromatic heterocycles. The van der Waals surface area contributed by atoms with Gasteiger partial charge in [-0.05, 0) is 39.5 Å². The van der Waals surface area contributed by atoms with Gasteiger partial charge in [-0.25, -0.2) is 0 Å². The Bertz CT molecular complexity index is 262. The van der Waals surface area contributed by atoms with E-state index in [-0.39, 0.29) is 0 Å². The zero-order valence-electron chi connectivity index (χ0n) is 10.6. The van der Waals surface area contributed by atoms with E-state index in [4.69, 9.17) is 0 Å². The largest absolute Gasteiger partial charge is 0.0917 e. The van der Waals surface area contributed by atoms with Crippen LogP contribution in [0.1, 0.15) is 39.5 Å². The molecule has 0 atom stereocenters. The number of hydrogen-bond donors (Lipinski definition) is 0. The second kappa shape index (κ2) is 13.7. The van der Waals surface area contributed by atoms with Crippen molar-refractivity contribution >= 4 is 0 Å². The van der Waals surface area contributed by atoms with E-state index in [1.807, 2.05) is 6.92 Å². The standard InChI is InChI=1S/C16H24/c1-3-5-7-9-11-13-15-16-14-12-10-8-6-4-2/h3-6,9,11,13-16H,7-8,10,12H2,1-2H3/b5-3+,6-4?,11-9?,15-13?,16-14?. The van der Waals surface area contributed by atoms with Crippen molar-refractivity contribution in [3.63, 3.8) is 0 Å². The highest BCUT2D eigenvalue weighted by atomic mass is 13.8. The average molecular weight is 216 g/mol. The third-order valence-corrected chi connectivity index (χ3v) is 2.09. The average Bonchev–Trinajstić information content (AvgIpc) is 2.31. The fourth-order valence-corrected chi connectivity index (χ4v) is 1.20. The van der Waals surface area contributed by atoms with Crippen molar-refractivity contribution in [1.29, 1.82) is 0 Å². The van der Waals surface area contributed by atoms with Gasteiger partial charge >= 0.3 is 0 Å². The lowest BCUT2D eigenvalue weighted by Crippen LogP contribution is -1.67. The van der Waals surface area contributed by atoms with E-state index in [0.29, 0.717) is 0 Å². The van der Waals surface area contributed by atoms with Crippen molar-refractivity contribution in [3.05, 3.63) is 60.8 Å². The molecule has 0 aromatic rings. The lowest BCUT2D eigenvalue weighted by Gasteiger charge is -1.87. The van der Waals surface area contributed by atoms with Crippen molar-refractivity contribution in [2.75, 3.05) is 0 Å². The number of allylic oxidation sites excluding steroid dienone is 10. The summed E-state index contributed by atoms with van der Waals surface area (Å²) in [5.41, 5.74) is 0. The van der Waals surface area contributed by atoms with Gasteiger partial charge in [0.1, 0.15) is 0 Å². The molecule has 0 saturated heterocycles. The minimum absolute atomic E-state index is 1.02. The van der Waals surface area contributed by atoms with Crippen LogP contribution < -0.4 is 0 Å². The monoisotopic (exact) mass is 216 g/mol. The van der Waals surface area contributed by atoms with Gasteiger partial charge in [0.25, 0.3) is 0 Å². The zero-order valence-corrected chi connectivity index (χ0v) is 10.6. The number of unbranched alkanes of at least 4 members (excludes halogenated alkanes) is 2. The Labute approximate surface area is 101 Å². The van der Waals surface area contributed by atoms with E-state index in [1.165, 1.54) is 12.8 Å². The van der Waals surface area contributed by atoms with E-state index in [2.05, 4.69) is 67.7 Å². The molecule has 0 aromatic carbocycles. The van der Waals surface area contributed by atoms with Gasteiger partial charge in [0.2, 0.25) is 0 Å². The van der Waals surface area contributed by atoms with Crippen molar-refractivity contribution in [1.82, 2.24) is 0 Å². The molecule has 88 valence electrons. The summed E-state index contributed by atoms with van der Waals surface area (Å²) in [4.78, 5) is 0. The van der Waals surface area contributed by atoms with Gasteiger partial charge in [0.15, 0.2) is 0 Å². The maximum absolute atomic E-state index is 2.22. The molecule has 0 nitrogen and oxygen atoms in total. The SMILES string of the molecule is CC=CCCCC=CC=CC=CC/C=C/C. The van der Waals surface area contributed by atoms with Crippen LogP contribution in [0.5, 0.6) is 0 Å². The third-order valence-electron chi connectivity index (χ3n) is 2.09. The van der Waals surface area contributed by atoms with Crippen LogP contribution in [0.25, 0.3) is 0 Å².